The van der Waals surface area contributed by atoms with Crippen LogP contribution in [-0.2, 0) is 11.3 Å². The van der Waals surface area contributed by atoms with Gasteiger partial charge in [0.05, 0.1) is 17.3 Å². The van der Waals surface area contributed by atoms with Crippen LogP contribution in [0.15, 0.2) is 12.1 Å². The zero-order valence-electron chi connectivity index (χ0n) is 12.4. The number of hydrogen-bond acceptors (Lipinski definition) is 4. The average molecular weight is 311 g/mol. The van der Waals surface area contributed by atoms with Crippen molar-refractivity contribution in [2.45, 2.75) is 45.2 Å². The molecule has 0 bridgehead atoms. The number of primary amides is 1. The Hall–Kier alpha value is -1.33. The topological polar surface area (TPSA) is 71.2 Å². The van der Waals surface area contributed by atoms with Gasteiger partial charge in [-0.3, -0.25) is 9.69 Å². The summed E-state index contributed by atoms with van der Waals surface area (Å²) in [6, 6.07) is 4.11. The number of carbonyl (C=O) groups excluding carboxylic acids is 1. The molecular formula is C15H23ClN4O. The Morgan fingerprint density at radius 3 is 2.81 bits per heavy atom. The normalized spacial score (nSPS) is 15.6. The number of carbonyl (C=O) groups is 1. The third-order valence-corrected chi connectivity index (χ3v) is 4.17. The minimum atomic E-state index is -0.305. The molecule has 1 heterocycles. The van der Waals surface area contributed by atoms with Crippen LogP contribution in [0, 0.1) is 0 Å². The van der Waals surface area contributed by atoms with Gasteiger partial charge in [-0.05, 0) is 31.9 Å². The fourth-order valence-electron chi connectivity index (χ4n) is 2.85. The van der Waals surface area contributed by atoms with E-state index in [0.717, 1.165) is 30.9 Å². The van der Waals surface area contributed by atoms with E-state index in [9.17, 15) is 4.79 Å². The van der Waals surface area contributed by atoms with E-state index in [1.54, 1.807) is 0 Å². The van der Waals surface area contributed by atoms with E-state index in [1.807, 2.05) is 19.1 Å². The van der Waals surface area contributed by atoms with Gasteiger partial charge < -0.3 is 11.1 Å². The van der Waals surface area contributed by atoms with E-state index in [-0.39, 0.29) is 12.5 Å². The Labute approximate surface area is 130 Å². The van der Waals surface area contributed by atoms with Gasteiger partial charge in [0.2, 0.25) is 5.91 Å². The molecule has 0 unspecified atom stereocenters. The molecule has 2 rings (SSSR count). The first kappa shape index (κ1) is 16.0. The summed E-state index contributed by atoms with van der Waals surface area (Å²) in [7, 11) is 0. The van der Waals surface area contributed by atoms with Gasteiger partial charge in [0.15, 0.2) is 0 Å². The highest BCUT2D eigenvalue weighted by molar-refractivity contribution is 6.31. The van der Waals surface area contributed by atoms with Crippen LogP contribution >= 0.6 is 11.6 Å². The van der Waals surface area contributed by atoms with Crippen molar-refractivity contribution in [3.63, 3.8) is 0 Å². The Bertz CT molecular complexity index is 489. The SMILES string of the molecule is CCNc1ccc(Cl)c(CN(CC(N)=O)C2CCCC2)n1. The standard InChI is InChI=1S/C15H23ClN4O/c1-2-18-15-8-7-12(16)13(19-15)9-20(10-14(17)21)11-5-3-4-6-11/h7-8,11H,2-6,9-10H2,1H3,(H2,17,21)(H,18,19). The van der Waals surface area contributed by atoms with Gasteiger partial charge in [-0.2, -0.15) is 0 Å². The van der Waals surface area contributed by atoms with Gasteiger partial charge in [-0.25, -0.2) is 4.98 Å². The van der Waals surface area contributed by atoms with Crippen molar-refractivity contribution in [2.24, 2.45) is 5.73 Å². The number of pyridine rings is 1. The third kappa shape index (κ3) is 4.58. The molecule has 0 atom stereocenters. The number of rotatable bonds is 7. The maximum Gasteiger partial charge on any atom is 0.231 e. The summed E-state index contributed by atoms with van der Waals surface area (Å²) in [6.45, 7) is 3.65. The number of nitrogens with two attached hydrogens (primary N) is 1. The molecule has 1 aromatic rings. The van der Waals surface area contributed by atoms with Crippen molar-refractivity contribution >= 4 is 23.3 Å². The van der Waals surface area contributed by atoms with Gasteiger partial charge in [-0.15, -0.1) is 0 Å². The van der Waals surface area contributed by atoms with Gasteiger partial charge in [0.25, 0.3) is 0 Å². The predicted molar refractivity (Wildman–Crippen MR) is 85.3 cm³/mol. The Morgan fingerprint density at radius 1 is 1.48 bits per heavy atom. The highest BCUT2D eigenvalue weighted by Gasteiger charge is 2.25. The molecule has 1 amide bonds. The lowest BCUT2D eigenvalue weighted by Gasteiger charge is -2.27. The van der Waals surface area contributed by atoms with Crippen molar-refractivity contribution in [1.82, 2.24) is 9.88 Å². The molecule has 0 aliphatic heterocycles. The quantitative estimate of drug-likeness (QED) is 0.811. The van der Waals surface area contributed by atoms with E-state index >= 15 is 0 Å². The van der Waals surface area contributed by atoms with Gasteiger partial charge in [-0.1, -0.05) is 24.4 Å². The maximum absolute atomic E-state index is 11.3. The lowest BCUT2D eigenvalue weighted by molar-refractivity contribution is -0.119. The van der Waals surface area contributed by atoms with Crippen LogP contribution in [0.2, 0.25) is 5.02 Å². The molecular weight excluding hydrogens is 288 g/mol. The third-order valence-electron chi connectivity index (χ3n) is 3.83. The fraction of sp³-hybridized carbons (Fsp3) is 0.600. The van der Waals surface area contributed by atoms with Crippen LogP contribution in [0.5, 0.6) is 0 Å². The van der Waals surface area contributed by atoms with Crippen LogP contribution in [0.3, 0.4) is 0 Å². The van der Waals surface area contributed by atoms with E-state index in [4.69, 9.17) is 17.3 Å². The van der Waals surface area contributed by atoms with Crippen LogP contribution in [0.25, 0.3) is 0 Å². The van der Waals surface area contributed by atoms with Crippen molar-refractivity contribution in [3.05, 3.63) is 22.8 Å². The van der Waals surface area contributed by atoms with Crippen molar-refractivity contribution in [1.29, 1.82) is 0 Å². The number of anilines is 1. The van der Waals surface area contributed by atoms with E-state index < -0.39 is 0 Å². The molecule has 0 radical (unpaired) electrons. The Morgan fingerprint density at radius 2 is 2.19 bits per heavy atom. The van der Waals surface area contributed by atoms with E-state index in [2.05, 4.69) is 15.2 Å². The molecule has 0 saturated heterocycles. The lowest BCUT2D eigenvalue weighted by Crippen LogP contribution is -2.39. The van der Waals surface area contributed by atoms with Crippen molar-refractivity contribution in [2.75, 3.05) is 18.4 Å². The number of halogens is 1. The summed E-state index contributed by atoms with van der Waals surface area (Å²) in [4.78, 5) is 18.0. The first-order valence-electron chi connectivity index (χ1n) is 7.51. The highest BCUT2D eigenvalue weighted by Crippen LogP contribution is 2.26. The summed E-state index contributed by atoms with van der Waals surface area (Å²) in [5.41, 5.74) is 6.18. The van der Waals surface area contributed by atoms with Crippen LogP contribution < -0.4 is 11.1 Å². The molecule has 1 aromatic heterocycles. The van der Waals surface area contributed by atoms with E-state index in [0.29, 0.717) is 17.6 Å². The number of aromatic nitrogens is 1. The number of nitrogens with one attached hydrogen (secondary N) is 1. The average Bonchev–Trinajstić information content (AvgIpc) is 2.95. The van der Waals surface area contributed by atoms with Crippen LogP contribution in [-0.4, -0.2) is 34.9 Å². The summed E-state index contributed by atoms with van der Waals surface area (Å²) >= 11 is 6.25. The molecule has 5 nitrogen and oxygen atoms in total. The second-order valence-corrected chi connectivity index (χ2v) is 5.87. The predicted octanol–water partition coefficient (Wildman–Crippen LogP) is 2.40. The fourth-order valence-corrected chi connectivity index (χ4v) is 3.02. The van der Waals surface area contributed by atoms with Gasteiger partial charge in [0.1, 0.15) is 5.82 Å². The largest absolute Gasteiger partial charge is 0.370 e. The molecule has 1 fully saturated rings. The lowest BCUT2D eigenvalue weighted by atomic mass is 10.2. The monoisotopic (exact) mass is 310 g/mol. The number of nitrogens with zero attached hydrogens (tertiary/aromatic N) is 2. The van der Waals surface area contributed by atoms with Gasteiger partial charge in [0, 0.05) is 19.1 Å². The molecule has 116 valence electrons. The Kier molecular flexibility index (Phi) is 5.82. The smallest absolute Gasteiger partial charge is 0.231 e. The highest BCUT2D eigenvalue weighted by atomic mass is 35.5. The summed E-state index contributed by atoms with van der Waals surface area (Å²) in [5.74, 6) is 0.503. The maximum atomic E-state index is 11.3. The van der Waals surface area contributed by atoms with Crippen LogP contribution in [0.1, 0.15) is 38.3 Å². The second kappa shape index (κ2) is 7.61. The second-order valence-electron chi connectivity index (χ2n) is 5.46. The summed E-state index contributed by atoms with van der Waals surface area (Å²) in [5, 5.41) is 3.81. The van der Waals surface area contributed by atoms with Crippen molar-refractivity contribution < 1.29 is 4.79 Å². The molecule has 1 aliphatic rings. The molecule has 6 heteroatoms. The van der Waals surface area contributed by atoms with Crippen molar-refractivity contribution in [3.8, 4) is 0 Å². The Balaban J connectivity index is 2.14. The summed E-state index contributed by atoms with van der Waals surface area (Å²) in [6.07, 6.45) is 4.63. The molecule has 0 aromatic carbocycles. The first-order chi connectivity index (χ1) is 10.1. The molecule has 3 N–H and O–H groups in total. The van der Waals surface area contributed by atoms with Crippen LogP contribution in [0.4, 0.5) is 5.82 Å². The molecule has 0 spiro atoms. The molecule has 1 aliphatic carbocycles. The minimum Gasteiger partial charge on any atom is -0.370 e. The molecule has 1 saturated carbocycles. The number of hydrogen-bond donors (Lipinski definition) is 2. The zero-order valence-corrected chi connectivity index (χ0v) is 13.2. The molecule has 21 heavy (non-hydrogen) atoms. The first-order valence-corrected chi connectivity index (χ1v) is 7.89. The van der Waals surface area contributed by atoms with E-state index in [1.165, 1.54) is 12.8 Å². The zero-order chi connectivity index (χ0) is 15.2. The summed E-state index contributed by atoms with van der Waals surface area (Å²) < 4.78 is 0. The number of amides is 1. The minimum absolute atomic E-state index is 0.258. The van der Waals surface area contributed by atoms with Gasteiger partial charge >= 0.3 is 0 Å².